The quantitative estimate of drug-likeness (QED) is 0.554. The number of amides is 1. The number of allylic oxidation sites excluding steroid dienone is 1. The van der Waals surface area contributed by atoms with Crippen LogP contribution in [-0.2, 0) is 4.79 Å². The molecule has 1 aliphatic heterocycles. The van der Waals surface area contributed by atoms with Crippen LogP contribution in [-0.4, -0.2) is 33.9 Å². The Hall–Kier alpha value is -3.78. The van der Waals surface area contributed by atoms with Crippen LogP contribution in [0.25, 0.3) is 0 Å². The number of carbonyl (C=O) groups is 2. The van der Waals surface area contributed by atoms with Gasteiger partial charge in [0.2, 0.25) is 0 Å². The number of carbonyl (C=O) groups excluding carboxylic acids is 1. The molecule has 0 bridgehead atoms. The molecule has 158 valence electrons. The molecule has 0 unspecified atom stereocenters. The lowest BCUT2D eigenvalue weighted by molar-refractivity contribution is -0.132. The van der Waals surface area contributed by atoms with Crippen LogP contribution in [0.2, 0.25) is 5.02 Å². The van der Waals surface area contributed by atoms with Crippen LogP contribution in [0.4, 0.5) is 11.5 Å². The molecule has 0 radical (unpaired) electrons. The predicted octanol–water partition coefficient (Wildman–Crippen LogP) is 4.09. The zero-order valence-corrected chi connectivity index (χ0v) is 17.5. The molecule has 4 rings (SSSR count). The van der Waals surface area contributed by atoms with Crippen molar-refractivity contribution in [2.75, 3.05) is 17.7 Å². The van der Waals surface area contributed by atoms with Crippen molar-refractivity contribution in [3.63, 3.8) is 0 Å². The highest BCUT2D eigenvalue weighted by Crippen LogP contribution is 2.36. The molecular weight excluding hydrogens is 420 g/mol. The number of aryl methyl sites for hydroxylation is 1. The molecule has 1 atom stereocenters. The second-order valence-corrected chi connectivity index (χ2v) is 7.37. The number of aromatic nitrogens is 2. The fraction of sp³-hybridized carbons (Fsp3) is 0.136. The van der Waals surface area contributed by atoms with Crippen molar-refractivity contribution in [3.05, 3.63) is 82.1 Å². The monoisotopic (exact) mass is 438 g/mol. The Bertz CT molecular complexity index is 1220. The van der Waals surface area contributed by atoms with Crippen LogP contribution >= 0.6 is 11.6 Å². The molecule has 0 aliphatic carbocycles. The van der Waals surface area contributed by atoms with Gasteiger partial charge in [0.1, 0.15) is 28.9 Å². The van der Waals surface area contributed by atoms with Crippen LogP contribution < -0.4 is 15.4 Å². The number of nitrogens with zero attached hydrogens (tertiary/aromatic N) is 2. The van der Waals surface area contributed by atoms with Gasteiger partial charge in [-0.25, -0.2) is 9.48 Å². The van der Waals surface area contributed by atoms with Gasteiger partial charge in [-0.05, 0) is 36.8 Å². The topological polar surface area (TPSA) is 105 Å². The number of benzene rings is 2. The molecule has 1 amide bonds. The second-order valence-electron chi connectivity index (χ2n) is 6.97. The molecule has 9 heteroatoms. The Kier molecular flexibility index (Phi) is 5.39. The fourth-order valence-electron chi connectivity index (χ4n) is 3.39. The average molecular weight is 439 g/mol. The summed E-state index contributed by atoms with van der Waals surface area (Å²) in [5.41, 5.74) is 2.26. The highest BCUT2D eigenvalue weighted by atomic mass is 35.5. The van der Waals surface area contributed by atoms with E-state index in [2.05, 4.69) is 15.7 Å². The van der Waals surface area contributed by atoms with Crippen molar-refractivity contribution in [1.29, 1.82) is 0 Å². The number of nitrogens with one attached hydrogen (secondary N) is 2. The normalized spacial score (nSPS) is 14.8. The van der Waals surface area contributed by atoms with Gasteiger partial charge >= 0.3 is 5.97 Å². The average Bonchev–Trinajstić information content (AvgIpc) is 3.20. The van der Waals surface area contributed by atoms with Crippen LogP contribution in [0.1, 0.15) is 27.5 Å². The van der Waals surface area contributed by atoms with Gasteiger partial charge in [0.05, 0.1) is 13.3 Å². The van der Waals surface area contributed by atoms with Gasteiger partial charge < -0.3 is 20.5 Å². The number of aliphatic carboxylic acids is 1. The molecule has 0 spiro atoms. The van der Waals surface area contributed by atoms with Crippen LogP contribution in [0, 0.1) is 6.92 Å². The predicted molar refractivity (Wildman–Crippen MR) is 117 cm³/mol. The Morgan fingerprint density at radius 2 is 2.03 bits per heavy atom. The molecule has 3 N–H and O–H groups in total. The third-order valence-electron chi connectivity index (χ3n) is 5.00. The molecular formula is C22H19ClN4O4. The number of halogens is 1. The van der Waals surface area contributed by atoms with Crippen molar-refractivity contribution in [2.24, 2.45) is 0 Å². The summed E-state index contributed by atoms with van der Waals surface area (Å²) in [6.45, 7) is 1.86. The van der Waals surface area contributed by atoms with Gasteiger partial charge in [-0.15, -0.1) is 0 Å². The summed E-state index contributed by atoms with van der Waals surface area (Å²) >= 11 is 6.14. The molecule has 0 fully saturated rings. The minimum Gasteiger partial charge on any atom is -0.496 e. The van der Waals surface area contributed by atoms with Crippen molar-refractivity contribution < 1.29 is 19.4 Å². The zero-order valence-electron chi connectivity index (χ0n) is 16.7. The summed E-state index contributed by atoms with van der Waals surface area (Å²) in [5, 5.41) is 20.1. The van der Waals surface area contributed by atoms with E-state index in [0.717, 1.165) is 5.56 Å². The summed E-state index contributed by atoms with van der Waals surface area (Å²) in [4.78, 5) is 24.7. The lowest BCUT2D eigenvalue weighted by Gasteiger charge is -2.25. The second kappa shape index (κ2) is 8.16. The largest absolute Gasteiger partial charge is 0.496 e. The van der Waals surface area contributed by atoms with Crippen LogP contribution in [0.5, 0.6) is 5.75 Å². The third-order valence-corrected chi connectivity index (χ3v) is 5.41. The number of anilines is 2. The first-order valence-corrected chi connectivity index (χ1v) is 9.77. The van der Waals surface area contributed by atoms with Gasteiger partial charge in [0.25, 0.3) is 5.91 Å². The SMILES string of the molecule is COc1ccccc1[C@H]1C=C(C(=O)O)Nc2c(C(=O)Nc3ccc(C)c(Cl)c3)cnn21. The number of carboxylic acids is 1. The van der Waals surface area contributed by atoms with Crippen molar-refractivity contribution in [2.45, 2.75) is 13.0 Å². The van der Waals surface area contributed by atoms with Gasteiger partial charge in [0.15, 0.2) is 0 Å². The Labute approximate surface area is 183 Å². The van der Waals surface area contributed by atoms with E-state index in [1.807, 2.05) is 25.1 Å². The number of carboxylic acid groups (broad SMARTS) is 1. The molecule has 1 aliphatic rings. The lowest BCUT2D eigenvalue weighted by Crippen LogP contribution is -2.26. The number of fused-ring (bicyclic) bond motifs is 1. The standard InChI is InChI=1S/C22H19ClN4O4/c1-12-7-8-13(9-16(12)23)25-21(28)15-11-24-27-18(10-17(22(29)30)26-20(15)27)14-5-3-4-6-19(14)31-2/h3-11,18,26H,1-2H3,(H,25,28)(H,29,30)/t18-/m1/s1. The molecule has 2 aromatic carbocycles. The molecule has 31 heavy (non-hydrogen) atoms. The maximum Gasteiger partial charge on any atom is 0.352 e. The van der Waals surface area contributed by atoms with E-state index in [9.17, 15) is 14.7 Å². The summed E-state index contributed by atoms with van der Waals surface area (Å²) in [6.07, 6.45) is 2.93. The fourth-order valence-corrected chi connectivity index (χ4v) is 3.57. The maximum atomic E-state index is 12.9. The molecule has 0 saturated heterocycles. The number of methoxy groups -OCH3 is 1. The van der Waals surface area contributed by atoms with Crippen molar-refractivity contribution >= 4 is 35.0 Å². The minimum absolute atomic E-state index is 0.0589. The molecule has 2 heterocycles. The van der Waals surface area contributed by atoms with E-state index < -0.39 is 17.9 Å². The Morgan fingerprint density at radius 3 is 2.74 bits per heavy atom. The molecule has 8 nitrogen and oxygen atoms in total. The van der Waals surface area contributed by atoms with E-state index in [1.54, 1.807) is 28.9 Å². The van der Waals surface area contributed by atoms with E-state index in [0.29, 0.717) is 22.0 Å². The number of hydrogen-bond donors (Lipinski definition) is 3. The van der Waals surface area contributed by atoms with Gasteiger partial charge in [-0.2, -0.15) is 5.10 Å². The number of para-hydroxylation sites is 1. The molecule has 3 aromatic rings. The summed E-state index contributed by atoms with van der Waals surface area (Å²) in [7, 11) is 1.54. The van der Waals surface area contributed by atoms with Crippen molar-refractivity contribution in [3.8, 4) is 5.75 Å². The first kappa shape index (κ1) is 20.5. The van der Waals surface area contributed by atoms with E-state index in [1.165, 1.54) is 19.4 Å². The number of rotatable bonds is 5. The van der Waals surface area contributed by atoms with Crippen LogP contribution in [0.15, 0.2) is 60.4 Å². The summed E-state index contributed by atoms with van der Waals surface area (Å²) < 4.78 is 6.99. The van der Waals surface area contributed by atoms with Crippen molar-refractivity contribution in [1.82, 2.24) is 9.78 Å². The first-order valence-electron chi connectivity index (χ1n) is 9.39. The molecule has 0 saturated carbocycles. The van der Waals surface area contributed by atoms with Gasteiger partial charge in [-0.3, -0.25) is 4.79 Å². The summed E-state index contributed by atoms with van der Waals surface area (Å²) in [5.74, 6) is -0.744. The highest BCUT2D eigenvalue weighted by molar-refractivity contribution is 6.31. The first-order chi connectivity index (χ1) is 14.9. The summed E-state index contributed by atoms with van der Waals surface area (Å²) in [6, 6.07) is 11.9. The molecule has 1 aromatic heterocycles. The smallest absolute Gasteiger partial charge is 0.352 e. The highest BCUT2D eigenvalue weighted by Gasteiger charge is 2.30. The number of ether oxygens (including phenoxy) is 1. The minimum atomic E-state index is -1.15. The lowest BCUT2D eigenvalue weighted by atomic mass is 10.0. The maximum absolute atomic E-state index is 12.9. The van der Waals surface area contributed by atoms with Gasteiger partial charge in [0, 0.05) is 16.3 Å². The van der Waals surface area contributed by atoms with Crippen LogP contribution in [0.3, 0.4) is 0 Å². The van der Waals surface area contributed by atoms with E-state index in [-0.39, 0.29) is 17.1 Å². The van der Waals surface area contributed by atoms with E-state index in [4.69, 9.17) is 16.3 Å². The third kappa shape index (κ3) is 3.85. The number of hydrogen-bond acceptors (Lipinski definition) is 5. The zero-order chi connectivity index (χ0) is 22.1. The van der Waals surface area contributed by atoms with Gasteiger partial charge in [-0.1, -0.05) is 35.9 Å². The Balaban J connectivity index is 1.74. The van der Waals surface area contributed by atoms with E-state index >= 15 is 0 Å². The Morgan fingerprint density at radius 1 is 1.26 bits per heavy atom.